The topological polar surface area (TPSA) is 55.6 Å². The minimum absolute atomic E-state index is 0. The van der Waals surface area contributed by atoms with Crippen molar-refractivity contribution in [2.45, 2.75) is 38.6 Å². The van der Waals surface area contributed by atoms with E-state index in [9.17, 15) is 4.79 Å². The first-order chi connectivity index (χ1) is 14.8. The van der Waals surface area contributed by atoms with Crippen LogP contribution < -0.4 is 4.74 Å². The number of benzene rings is 2. The van der Waals surface area contributed by atoms with Gasteiger partial charge in [0.25, 0.3) is 5.89 Å². The summed E-state index contributed by atoms with van der Waals surface area (Å²) in [6.45, 7) is 3.14. The zero-order valence-corrected chi connectivity index (χ0v) is 18.4. The normalized spacial score (nSPS) is 14.7. The van der Waals surface area contributed by atoms with Gasteiger partial charge in [-0.05, 0) is 74.5 Å². The zero-order valence-electron chi connectivity index (χ0n) is 17.6. The standard InChI is InChI=1S/C25H28N2O3.ClH/c28-24(25-26-14-17-29-25)11-5-6-20-12-15-27(16-13-20)19-21-7-4-10-23(18-21)30-22-8-2-1-3-9-22;/h1-4,7-10,14,17-18,20H,5-6,11-13,15-16,19H2;1H. The third-order valence-electron chi connectivity index (χ3n) is 5.68. The number of Topliss-reactive ketones (excluding diaryl/α,β-unsaturated/α-hetero) is 1. The first-order valence-corrected chi connectivity index (χ1v) is 10.7. The van der Waals surface area contributed by atoms with E-state index in [-0.39, 0.29) is 24.1 Å². The molecule has 1 aromatic heterocycles. The summed E-state index contributed by atoms with van der Waals surface area (Å²) in [5, 5.41) is 0. The Morgan fingerprint density at radius 3 is 2.58 bits per heavy atom. The summed E-state index contributed by atoms with van der Waals surface area (Å²) >= 11 is 0. The predicted octanol–water partition coefficient (Wildman–Crippen LogP) is 6.15. The quantitative estimate of drug-likeness (QED) is 0.373. The van der Waals surface area contributed by atoms with Crippen molar-refractivity contribution in [2.24, 2.45) is 5.92 Å². The summed E-state index contributed by atoms with van der Waals surface area (Å²) in [7, 11) is 0. The molecule has 31 heavy (non-hydrogen) atoms. The van der Waals surface area contributed by atoms with E-state index in [4.69, 9.17) is 9.15 Å². The predicted molar refractivity (Wildman–Crippen MR) is 123 cm³/mol. The third kappa shape index (κ3) is 6.94. The second-order valence-corrected chi connectivity index (χ2v) is 7.93. The Labute approximate surface area is 189 Å². The van der Waals surface area contributed by atoms with E-state index in [1.54, 1.807) is 0 Å². The summed E-state index contributed by atoms with van der Waals surface area (Å²) in [5.74, 6) is 2.69. The molecule has 2 aromatic carbocycles. The lowest BCUT2D eigenvalue weighted by molar-refractivity contribution is 0.0940. The molecule has 0 aliphatic carbocycles. The van der Waals surface area contributed by atoms with E-state index < -0.39 is 0 Å². The van der Waals surface area contributed by atoms with Gasteiger partial charge < -0.3 is 9.15 Å². The lowest BCUT2D eigenvalue weighted by atomic mass is 9.91. The molecule has 164 valence electrons. The van der Waals surface area contributed by atoms with Crippen LogP contribution in [-0.2, 0) is 6.54 Å². The first kappa shape index (κ1) is 23.0. The van der Waals surface area contributed by atoms with Crippen molar-refractivity contribution in [3.05, 3.63) is 78.5 Å². The van der Waals surface area contributed by atoms with Gasteiger partial charge in [0.1, 0.15) is 17.8 Å². The molecule has 0 atom stereocenters. The molecular formula is C25H29ClN2O3. The number of aromatic nitrogens is 1. The fourth-order valence-electron chi connectivity index (χ4n) is 4.04. The number of likely N-dealkylation sites (tertiary alicyclic amines) is 1. The maximum atomic E-state index is 12.0. The van der Waals surface area contributed by atoms with E-state index in [1.807, 2.05) is 36.4 Å². The van der Waals surface area contributed by atoms with Gasteiger partial charge in [0.15, 0.2) is 0 Å². The van der Waals surface area contributed by atoms with Gasteiger partial charge in [-0.25, -0.2) is 4.98 Å². The largest absolute Gasteiger partial charge is 0.457 e. The molecule has 2 heterocycles. The van der Waals surface area contributed by atoms with Gasteiger partial charge in [0, 0.05) is 13.0 Å². The molecule has 5 nitrogen and oxygen atoms in total. The maximum Gasteiger partial charge on any atom is 0.263 e. The number of carbonyl (C=O) groups excluding carboxylic acids is 1. The molecule has 6 heteroatoms. The van der Waals surface area contributed by atoms with Crippen LogP contribution in [0.3, 0.4) is 0 Å². The number of piperidine rings is 1. The highest BCUT2D eigenvalue weighted by molar-refractivity contribution is 5.91. The van der Waals surface area contributed by atoms with E-state index in [0.717, 1.165) is 44.0 Å². The number of nitrogens with zero attached hydrogens (tertiary/aromatic N) is 2. The van der Waals surface area contributed by atoms with Gasteiger partial charge >= 0.3 is 0 Å². The Morgan fingerprint density at radius 2 is 1.84 bits per heavy atom. The molecule has 0 amide bonds. The van der Waals surface area contributed by atoms with Crippen LogP contribution in [0.15, 0.2) is 71.5 Å². The number of para-hydroxylation sites is 1. The van der Waals surface area contributed by atoms with Crippen LogP contribution >= 0.6 is 12.4 Å². The minimum Gasteiger partial charge on any atom is -0.457 e. The molecule has 1 saturated heterocycles. The van der Waals surface area contributed by atoms with Crippen molar-refractivity contribution in [1.82, 2.24) is 9.88 Å². The van der Waals surface area contributed by atoms with Gasteiger partial charge in [0.05, 0.1) is 6.20 Å². The Balaban J connectivity index is 0.00000272. The van der Waals surface area contributed by atoms with Gasteiger partial charge in [-0.1, -0.05) is 30.3 Å². The lowest BCUT2D eigenvalue weighted by Gasteiger charge is -2.32. The van der Waals surface area contributed by atoms with Crippen LogP contribution in [0.4, 0.5) is 0 Å². The molecule has 0 saturated carbocycles. The summed E-state index contributed by atoms with van der Waals surface area (Å²) in [6, 6.07) is 18.2. The van der Waals surface area contributed by atoms with Gasteiger partial charge in [0.2, 0.25) is 5.78 Å². The summed E-state index contributed by atoms with van der Waals surface area (Å²) in [6.07, 6.45) is 7.88. The number of ketones is 1. The van der Waals surface area contributed by atoms with E-state index in [2.05, 4.69) is 28.1 Å². The van der Waals surface area contributed by atoms with Crippen LogP contribution in [0.25, 0.3) is 0 Å². The Morgan fingerprint density at radius 1 is 1.06 bits per heavy atom. The Kier molecular flexibility index (Phi) is 8.68. The number of hydrogen-bond donors (Lipinski definition) is 0. The molecule has 4 rings (SSSR count). The SMILES string of the molecule is Cl.O=C(CCCC1CCN(Cc2cccc(Oc3ccccc3)c2)CC1)c1ncco1. The second kappa shape index (κ2) is 11.7. The minimum atomic E-state index is 0. The Bertz CT molecular complexity index is 923. The molecule has 3 aromatic rings. The molecule has 0 N–H and O–H groups in total. The number of carbonyl (C=O) groups is 1. The number of rotatable bonds is 9. The maximum absolute atomic E-state index is 12.0. The number of oxazole rings is 1. The molecule has 1 aliphatic heterocycles. The van der Waals surface area contributed by atoms with Crippen molar-refractivity contribution >= 4 is 18.2 Å². The van der Waals surface area contributed by atoms with E-state index >= 15 is 0 Å². The summed E-state index contributed by atoms with van der Waals surface area (Å²) < 4.78 is 11.0. The molecular weight excluding hydrogens is 412 g/mol. The van der Waals surface area contributed by atoms with Crippen molar-refractivity contribution in [1.29, 1.82) is 0 Å². The van der Waals surface area contributed by atoms with E-state index in [1.165, 1.54) is 30.9 Å². The molecule has 0 spiro atoms. The second-order valence-electron chi connectivity index (χ2n) is 7.93. The summed E-state index contributed by atoms with van der Waals surface area (Å²) in [4.78, 5) is 18.4. The highest BCUT2D eigenvalue weighted by atomic mass is 35.5. The van der Waals surface area contributed by atoms with Crippen molar-refractivity contribution in [3.63, 3.8) is 0 Å². The average molecular weight is 441 g/mol. The monoisotopic (exact) mass is 440 g/mol. The number of hydrogen-bond acceptors (Lipinski definition) is 5. The molecule has 0 bridgehead atoms. The molecule has 1 fully saturated rings. The van der Waals surface area contributed by atoms with Gasteiger partial charge in [-0.3, -0.25) is 9.69 Å². The van der Waals surface area contributed by atoms with Crippen LogP contribution in [0.1, 0.15) is 48.4 Å². The first-order valence-electron chi connectivity index (χ1n) is 10.7. The van der Waals surface area contributed by atoms with Crippen molar-refractivity contribution in [2.75, 3.05) is 13.1 Å². The fourth-order valence-corrected chi connectivity index (χ4v) is 4.04. The Hall–Kier alpha value is -2.63. The molecule has 0 radical (unpaired) electrons. The van der Waals surface area contributed by atoms with E-state index in [0.29, 0.717) is 12.3 Å². The average Bonchev–Trinajstić information content (AvgIpc) is 3.31. The number of ether oxygens (including phenoxy) is 1. The van der Waals surface area contributed by atoms with Gasteiger partial charge in [-0.15, -0.1) is 12.4 Å². The molecule has 1 aliphatic rings. The smallest absolute Gasteiger partial charge is 0.263 e. The highest BCUT2D eigenvalue weighted by Crippen LogP contribution is 2.26. The fraction of sp³-hybridized carbons (Fsp3) is 0.360. The summed E-state index contributed by atoms with van der Waals surface area (Å²) in [5.41, 5.74) is 1.28. The lowest BCUT2D eigenvalue weighted by Crippen LogP contribution is -2.33. The molecule has 0 unspecified atom stereocenters. The van der Waals surface area contributed by atoms with Crippen LogP contribution in [0.5, 0.6) is 11.5 Å². The van der Waals surface area contributed by atoms with Gasteiger partial charge in [-0.2, -0.15) is 0 Å². The van der Waals surface area contributed by atoms with Crippen molar-refractivity contribution < 1.29 is 13.9 Å². The van der Waals surface area contributed by atoms with Crippen molar-refractivity contribution in [3.8, 4) is 11.5 Å². The van der Waals surface area contributed by atoms with Crippen LogP contribution in [-0.4, -0.2) is 28.8 Å². The van der Waals surface area contributed by atoms with Crippen LogP contribution in [0, 0.1) is 5.92 Å². The third-order valence-corrected chi connectivity index (χ3v) is 5.68. The zero-order chi connectivity index (χ0) is 20.6. The number of halogens is 1. The highest BCUT2D eigenvalue weighted by Gasteiger charge is 2.20. The van der Waals surface area contributed by atoms with Crippen LogP contribution in [0.2, 0.25) is 0 Å².